The van der Waals surface area contributed by atoms with E-state index in [2.05, 4.69) is 39.3 Å². The lowest BCUT2D eigenvalue weighted by atomic mass is 10.1. The zero-order valence-electron chi connectivity index (χ0n) is 20.1. The molecule has 0 saturated carbocycles. The average molecular weight is 530 g/mol. The lowest BCUT2D eigenvalue weighted by Gasteiger charge is -2.39. The van der Waals surface area contributed by atoms with Gasteiger partial charge in [-0.15, -0.1) is 0 Å². The Labute approximate surface area is 219 Å². The SMILES string of the molecule is C[C@@H]1CN[C@@H](C)CN1c1ccc(Nc2ncc3c(n2)N(C)CN(c2c(Cl)cccc2Cl)C3=O)cc1F. The maximum Gasteiger partial charge on any atom is 0.265 e. The number of fused-ring (bicyclic) bond motifs is 1. The number of rotatable bonds is 4. The third kappa shape index (κ3) is 4.54. The van der Waals surface area contributed by atoms with Crippen LogP contribution in [0.3, 0.4) is 0 Å². The highest BCUT2D eigenvalue weighted by Gasteiger charge is 2.33. The summed E-state index contributed by atoms with van der Waals surface area (Å²) in [6.45, 7) is 5.90. The third-order valence-corrected chi connectivity index (χ3v) is 7.05. The number of carbonyl (C=O) groups is 1. The zero-order valence-corrected chi connectivity index (χ0v) is 21.6. The van der Waals surface area contributed by atoms with E-state index < -0.39 is 0 Å². The molecule has 8 nitrogen and oxygen atoms in total. The molecule has 0 unspecified atom stereocenters. The summed E-state index contributed by atoms with van der Waals surface area (Å²) in [5.41, 5.74) is 1.83. The number of hydrogen-bond donors (Lipinski definition) is 2. The van der Waals surface area contributed by atoms with Crippen molar-refractivity contribution < 1.29 is 9.18 Å². The second-order valence-electron chi connectivity index (χ2n) is 9.18. The number of benzene rings is 2. The molecule has 1 aromatic heterocycles. The Morgan fingerprint density at radius 1 is 1.17 bits per heavy atom. The summed E-state index contributed by atoms with van der Waals surface area (Å²) in [7, 11) is 1.81. The van der Waals surface area contributed by atoms with Gasteiger partial charge in [0.1, 0.15) is 17.2 Å². The van der Waals surface area contributed by atoms with E-state index in [-0.39, 0.29) is 36.4 Å². The minimum Gasteiger partial charge on any atom is -0.364 e. The van der Waals surface area contributed by atoms with E-state index in [9.17, 15) is 4.79 Å². The maximum absolute atomic E-state index is 15.1. The van der Waals surface area contributed by atoms with Gasteiger partial charge >= 0.3 is 0 Å². The van der Waals surface area contributed by atoms with Crippen LogP contribution in [0.1, 0.15) is 24.2 Å². The van der Waals surface area contributed by atoms with Crippen molar-refractivity contribution >= 4 is 57.9 Å². The summed E-state index contributed by atoms with van der Waals surface area (Å²) in [5.74, 6) is 0.0875. The van der Waals surface area contributed by atoms with Crippen molar-refractivity contribution in [2.75, 3.05) is 46.8 Å². The van der Waals surface area contributed by atoms with Crippen molar-refractivity contribution in [2.45, 2.75) is 25.9 Å². The molecule has 0 radical (unpaired) electrons. The Kier molecular flexibility index (Phi) is 6.63. The van der Waals surface area contributed by atoms with Gasteiger partial charge in [0.05, 0.1) is 28.1 Å². The van der Waals surface area contributed by atoms with Gasteiger partial charge in [0.15, 0.2) is 0 Å². The number of halogens is 3. The minimum atomic E-state index is -0.321. The Morgan fingerprint density at radius 2 is 1.92 bits per heavy atom. The van der Waals surface area contributed by atoms with Crippen LogP contribution in [0.5, 0.6) is 0 Å². The number of hydrogen-bond acceptors (Lipinski definition) is 7. The normalized spacial score (nSPS) is 19.9. The number of anilines is 5. The Bertz CT molecular complexity index is 1300. The van der Waals surface area contributed by atoms with Crippen molar-refractivity contribution in [3.63, 3.8) is 0 Å². The van der Waals surface area contributed by atoms with Gasteiger partial charge in [-0.3, -0.25) is 9.69 Å². The van der Waals surface area contributed by atoms with Gasteiger partial charge < -0.3 is 20.4 Å². The molecule has 2 aromatic carbocycles. The van der Waals surface area contributed by atoms with Gasteiger partial charge in [-0.2, -0.15) is 4.98 Å². The Balaban J connectivity index is 1.38. The molecule has 36 heavy (non-hydrogen) atoms. The molecule has 11 heteroatoms. The molecule has 2 aliphatic heterocycles. The predicted octanol–water partition coefficient (Wildman–Crippen LogP) is 4.91. The number of piperazine rings is 1. The summed E-state index contributed by atoms with van der Waals surface area (Å²) < 4.78 is 15.1. The fourth-order valence-electron chi connectivity index (χ4n) is 4.59. The minimum absolute atomic E-state index is 0.187. The van der Waals surface area contributed by atoms with Crippen LogP contribution in [0.2, 0.25) is 10.0 Å². The standard InChI is InChI=1S/C25H26Cl2FN7O/c1-14-12-34(15(2)10-29-14)21-8-7-16(9-20(21)28)31-25-30-11-17-23(32-25)33(3)13-35(24(17)36)22-18(26)5-4-6-19(22)27/h4-9,11,14-15,29H,10,12-13H2,1-3H3,(H,30,31,32)/t14-,15+/m0/s1. The molecule has 3 aromatic rings. The molecule has 1 fully saturated rings. The molecular weight excluding hydrogens is 504 g/mol. The van der Waals surface area contributed by atoms with E-state index in [4.69, 9.17) is 23.2 Å². The fourth-order valence-corrected chi connectivity index (χ4v) is 5.19. The van der Waals surface area contributed by atoms with E-state index in [0.717, 1.165) is 13.1 Å². The number of para-hydroxylation sites is 1. The Hall–Kier alpha value is -3.14. The highest BCUT2D eigenvalue weighted by Crippen LogP contribution is 2.37. The Morgan fingerprint density at radius 3 is 2.64 bits per heavy atom. The van der Waals surface area contributed by atoms with E-state index >= 15 is 4.39 Å². The van der Waals surface area contributed by atoms with Crippen molar-refractivity contribution in [1.29, 1.82) is 0 Å². The molecule has 2 aliphatic rings. The maximum atomic E-state index is 15.1. The smallest absolute Gasteiger partial charge is 0.265 e. The van der Waals surface area contributed by atoms with E-state index in [1.165, 1.54) is 17.2 Å². The van der Waals surface area contributed by atoms with Crippen LogP contribution in [0.4, 0.5) is 33.2 Å². The first-order valence-electron chi connectivity index (χ1n) is 11.6. The van der Waals surface area contributed by atoms with Crippen molar-refractivity contribution in [3.8, 4) is 0 Å². The number of nitrogens with zero attached hydrogens (tertiary/aromatic N) is 5. The van der Waals surface area contributed by atoms with E-state index in [0.29, 0.717) is 38.5 Å². The molecular formula is C25H26Cl2FN7O. The summed E-state index contributed by atoms with van der Waals surface area (Å²) in [6, 6.07) is 10.6. The summed E-state index contributed by atoms with van der Waals surface area (Å²) in [6.07, 6.45) is 1.45. The van der Waals surface area contributed by atoms with Gasteiger partial charge in [-0.1, -0.05) is 29.3 Å². The molecule has 0 aliphatic carbocycles. The third-order valence-electron chi connectivity index (χ3n) is 6.44. The van der Waals surface area contributed by atoms with Crippen LogP contribution in [-0.4, -0.2) is 54.8 Å². The number of amides is 1. The number of carbonyl (C=O) groups excluding carboxylic acids is 1. The largest absolute Gasteiger partial charge is 0.364 e. The summed E-state index contributed by atoms with van der Waals surface area (Å²) in [4.78, 5) is 27.5. The highest BCUT2D eigenvalue weighted by molar-refractivity contribution is 6.40. The molecule has 1 amide bonds. The van der Waals surface area contributed by atoms with Gasteiger partial charge in [-0.25, -0.2) is 9.37 Å². The highest BCUT2D eigenvalue weighted by atomic mass is 35.5. The lowest BCUT2D eigenvalue weighted by Crippen LogP contribution is -2.54. The molecule has 0 bridgehead atoms. The van der Waals surface area contributed by atoms with Crippen LogP contribution in [0, 0.1) is 5.82 Å². The van der Waals surface area contributed by atoms with E-state index in [1.54, 1.807) is 35.2 Å². The van der Waals surface area contributed by atoms with Crippen LogP contribution < -0.4 is 25.3 Å². The van der Waals surface area contributed by atoms with Gasteiger partial charge in [0.2, 0.25) is 5.95 Å². The second kappa shape index (κ2) is 9.72. The lowest BCUT2D eigenvalue weighted by molar-refractivity contribution is 0.0982. The van der Waals surface area contributed by atoms with Crippen molar-refractivity contribution in [3.05, 3.63) is 64.0 Å². The van der Waals surface area contributed by atoms with Gasteiger partial charge in [0.25, 0.3) is 5.91 Å². The summed E-state index contributed by atoms with van der Waals surface area (Å²) in [5, 5.41) is 7.22. The molecule has 3 heterocycles. The summed E-state index contributed by atoms with van der Waals surface area (Å²) >= 11 is 12.7. The molecule has 2 N–H and O–H groups in total. The van der Waals surface area contributed by atoms with E-state index in [1.807, 2.05) is 7.05 Å². The van der Waals surface area contributed by atoms with Gasteiger partial charge in [-0.05, 0) is 44.2 Å². The fraction of sp³-hybridized carbons (Fsp3) is 0.320. The van der Waals surface area contributed by atoms with Crippen LogP contribution in [0.25, 0.3) is 0 Å². The van der Waals surface area contributed by atoms with Crippen LogP contribution in [0.15, 0.2) is 42.6 Å². The number of nitrogens with one attached hydrogen (secondary N) is 2. The molecule has 0 spiro atoms. The molecule has 2 atom stereocenters. The van der Waals surface area contributed by atoms with Crippen LogP contribution >= 0.6 is 23.2 Å². The molecule has 5 rings (SSSR count). The predicted molar refractivity (Wildman–Crippen MR) is 143 cm³/mol. The first kappa shape index (κ1) is 24.5. The quantitative estimate of drug-likeness (QED) is 0.497. The van der Waals surface area contributed by atoms with Crippen LogP contribution in [-0.2, 0) is 0 Å². The first-order valence-corrected chi connectivity index (χ1v) is 12.4. The first-order chi connectivity index (χ1) is 17.2. The molecule has 1 saturated heterocycles. The zero-order chi connectivity index (χ0) is 25.6. The topological polar surface area (TPSA) is 76.6 Å². The second-order valence-corrected chi connectivity index (χ2v) is 9.99. The molecule has 188 valence electrons. The van der Waals surface area contributed by atoms with Crippen molar-refractivity contribution in [1.82, 2.24) is 15.3 Å². The van der Waals surface area contributed by atoms with Crippen molar-refractivity contribution in [2.24, 2.45) is 0 Å². The average Bonchev–Trinajstić information content (AvgIpc) is 2.84. The monoisotopic (exact) mass is 529 g/mol. The van der Waals surface area contributed by atoms with Gasteiger partial charge in [0, 0.05) is 44.1 Å². The number of aromatic nitrogens is 2.